The zero-order valence-electron chi connectivity index (χ0n) is 31.1. The summed E-state index contributed by atoms with van der Waals surface area (Å²) >= 11 is 0. The van der Waals surface area contributed by atoms with Crippen LogP contribution in [0.25, 0.3) is 0 Å². The van der Waals surface area contributed by atoms with Gasteiger partial charge in [0.15, 0.2) is 22.4 Å². The average Bonchev–Trinajstić information content (AvgIpc) is 2.83. The number of carbonyl (C=O) groups excluding carboxylic acids is 2. The van der Waals surface area contributed by atoms with E-state index < -0.39 is 40.5 Å². The number of alkyl carbamates (subject to hydrolysis) is 1. The van der Waals surface area contributed by atoms with Crippen molar-refractivity contribution in [2.24, 2.45) is 0 Å². The molecule has 1 N–H and O–H groups in total. The second kappa shape index (κ2) is 19.1. The fourth-order valence-electron chi connectivity index (χ4n) is 4.33. The third-order valence-corrected chi connectivity index (χ3v) is 18.3. The molecular weight excluding hydrogens is 571 g/mol. The molecule has 2 atom stereocenters. The summed E-state index contributed by atoms with van der Waals surface area (Å²) in [6.45, 7) is 29.8. The summed E-state index contributed by atoms with van der Waals surface area (Å²) < 4.78 is 19.0. The molecule has 8 heteroatoms. The molecule has 0 aromatic carbocycles. The number of unbranched alkanes of at least 4 members (excludes halogenated alkanes) is 11. The van der Waals surface area contributed by atoms with Crippen molar-refractivity contribution in [3.8, 4) is 0 Å². The number of nitrogens with one attached hydrogen (secondary N) is 1. The van der Waals surface area contributed by atoms with Gasteiger partial charge in [-0.15, -0.1) is 0 Å². The maximum Gasteiger partial charge on any atom is 0.408 e. The highest BCUT2D eigenvalue weighted by atomic mass is 28.4. The zero-order chi connectivity index (χ0) is 33.5. The number of ether oxygens (including phenoxy) is 1. The lowest BCUT2D eigenvalue weighted by Crippen LogP contribution is -2.58. The fraction of sp³-hybridized carbons (Fsp3) is 0.943. The highest BCUT2D eigenvalue weighted by Gasteiger charge is 2.45. The Morgan fingerprint density at radius 3 is 1.47 bits per heavy atom. The molecule has 0 bridgehead atoms. The number of carbonyl (C=O) groups is 2. The number of amides is 1. The minimum Gasteiger partial charge on any atom is -0.444 e. The Bertz CT molecular complexity index is 794. The Kier molecular flexibility index (Phi) is 18.8. The van der Waals surface area contributed by atoms with Crippen LogP contribution in [0.5, 0.6) is 0 Å². The first kappa shape index (κ1) is 42.3. The van der Waals surface area contributed by atoms with Crippen LogP contribution in [0.2, 0.25) is 36.3 Å². The number of hydrogen-bond donors (Lipinski definition) is 1. The number of hydrogen-bond acceptors (Lipinski definition) is 5. The van der Waals surface area contributed by atoms with E-state index in [4.69, 9.17) is 13.6 Å². The molecule has 0 aliphatic carbocycles. The molecule has 0 aromatic heterocycles. The molecule has 0 aliphatic heterocycles. The third-order valence-electron chi connectivity index (χ3n) is 9.32. The Morgan fingerprint density at radius 2 is 1.07 bits per heavy atom. The van der Waals surface area contributed by atoms with E-state index in [1.54, 1.807) is 0 Å². The van der Waals surface area contributed by atoms with Gasteiger partial charge >= 0.3 is 6.09 Å². The number of Topliss-reactive ketones (excluding diaryl/α,β-unsaturated/α-hetero) is 1. The minimum absolute atomic E-state index is 0.00167. The van der Waals surface area contributed by atoms with Crippen LogP contribution in [0.4, 0.5) is 4.79 Å². The molecule has 0 saturated heterocycles. The number of ketones is 1. The van der Waals surface area contributed by atoms with Gasteiger partial charge < -0.3 is 18.9 Å². The molecule has 43 heavy (non-hydrogen) atoms. The van der Waals surface area contributed by atoms with Crippen LogP contribution < -0.4 is 5.32 Å². The van der Waals surface area contributed by atoms with Crippen molar-refractivity contribution >= 4 is 28.5 Å². The molecule has 0 radical (unpaired) electrons. The summed E-state index contributed by atoms with van der Waals surface area (Å²) in [6.07, 6.45) is 14.1. The van der Waals surface area contributed by atoms with Gasteiger partial charge in [-0.2, -0.15) is 0 Å². The zero-order valence-corrected chi connectivity index (χ0v) is 33.1. The minimum atomic E-state index is -2.34. The lowest BCUT2D eigenvalue weighted by atomic mass is 10.0. The smallest absolute Gasteiger partial charge is 0.408 e. The second-order valence-electron chi connectivity index (χ2n) is 16.7. The van der Waals surface area contributed by atoms with Crippen LogP contribution in [-0.4, -0.2) is 52.9 Å². The van der Waals surface area contributed by atoms with Crippen molar-refractivity contribution in [2.45, 2.75) is 207 Å². The van der Waals surface area contributed by atoms with E-state index in [0.29, 0.717) is 6.42 Å². The summed E-state index contributed by atoms with van der Waals surface area (Å²) in [5.41, 5.74) is -0.649. The van der Waals surface area contributed by atoms with Gasteiger partial charge in [-0.25, -0.2) is 4.79 Å². The van der Waals surface area contributed by atoms with Gasteiger partial charge in [0.2, 0.25) is 0 Å². The first-order valence-corrected chi connectivity index (χ1v) is 23.2. The van der Waals surface area contributed by atoms with Gasteiger partial charge in [0.25, 0.3) is 0 Å². The van der Waals surface area contributed by atoms with Crippen molar-refractivity contribution in [1.29, 1.82) is 0 Å². The molecule has 0 saturated carbocycles. The first-order valence-electron chi connectivity index (χ1n) is 17.4. The van der Waals surface area contributed by atoms with E-state index in [1.165, 1.54) is 57.8 Å². The van der Waals surface area contributed by atoms with Crippen molar-refractivity contribution in [1.82, 2.24) is 5.32 Å². The van der Waals surface area contributed by atoms with E-state index in [2.05, 4.69) is 80.0 Å². The van der Waals surface area contributed by atoms with Crippen LogP contribution in [0, 0.1) is 0 Å². The predicted molar refractivity (Wildman–Crippen MR) is 189 cm³/mol. The summed E-state index contributed by atoms with van der Waals surface area (Å²) in [6, 6.07) is -0.622. The molecule has 0 heterocycles. The van der Waals surface area contributed by atoms with E-state index in [9.17, 15) is 9.59 Å². The highest BCUT2D eigenvalue weighted by Crippen LogP contribution is 2.39. The maximum absolute atomic E-state index is 13.9. The molecule has 0 rings (SSSR count). The predicted octanol–water partition coefficient (Wildman–Crippen LogP) is 11.0. The van der Waals surface area contributed by atoms with Crippen LogP contribution in [0.1, 0.15) is 153 Å². The monoisotopic (exact) mass is 644 g/mol. The quantitative estimate of drug-likeness (QED) is 0.0995. The van der Waals surface area contributed by atoms with Gasteiger partial charge in [-0.3, -0.25) is 4.79 Å². The van der Waals surface area contributed by atoms with E-state index in [0.717, 1.165) is 19.3 Å². The standard InChI is InChI=1S/C35H73NO5Si2/c1-15-16-17-18-19-20-21-22-23-24-25-26-27-30(37)31(41-43(13,14)35(8,9)10)29(36-32(38)40-33(2,3)4)28-39-42(11,12)34(5,6)7/h29,31H,15-28H2,1-14H3,(H,36,38)/t29-,31+/m0/s1. The lowest BCUT2D eigenvalue weighted by molar-refractivity contribution is -0.128. The summed E-state index contributed by atoms with van der Waals surface area (Å²) in [4.78, 5) is 26.9. The molecule has 0 fully saturated rings. The SMILES string of the molecule is CCCCCCCCCCCCCCC(=O)[C@H](O[Si](C)(C)C(C)(C)C)[C@H](CO[Si](C)(C)C(C)(C)C)NC(=O)OC(C)(C)C. The molecule has 0 aromatic rings. The van der Waals surface area contributed by atoms with Gasteiger partial charge in [-0.05, 0) is 63.5 Å². The van der Waals surface area contributed by atoms with Crippen LogP contribution >= 0.6 is 0 Å². The Labute approximate surface area is 269 Å². The summed E-state index contributed by atoms with van der Waals surface area (Å²) in [5, 5.41) is 2.92. The molecule has 0 spiro atoms. The van der Waals surface area contributed by atoms with Gasteiger partial charge in [0, 0.05) is 6.42 Å². The van der Waals surface area contributed by atoms with E-state index >= 15 is 0 Å². The molecule has 1 amide bonds. The highest BCUT2D eigenvalue weighted by molar-refractivity contribution is 6.74. The Balaban J connectivity index is 5.54. The number of rotatable bonds is 21. The van der Waals surface area contributed by atoms with Gasteiger partial charge in [0.1, 0.15) is 11.7 Å². The normalized spacial score (nSPS) is 14.8. The van der Waals surface area contributed by atoms with Crippen LogP contribution in [0.15, 0.2) is 0 Å². The average molecular weight is 644 g/mol. The van der Waals surface area contributed by atoms with E-state index in [1.807, 2.05) is 20.8 Å². The Morgan fingerprint density at radius 1 is 0.651 bits per heavy atom. The molecular formula is C35H73NO5Si2. The molecule has 0 aliphatic rings. The summed E-state index contributed by atoms with van der Waals surface area (Å²) in [7, 11) is -4.49. The maximum atomic E-state index is 13.9. The van der Waals surface area contributed by atoms with Gasteiger partial charge in [0.05, 0.1) is 12.6 Å². The summed E-state index contributed by atoms with van der Waals surface area (Å²) in [5.74, 6) is 0.0526. The molecule has 6 nitrogen and oxygen atoms in total. The van der Waals surface area contributed by atoms with Crippen molar-refractivity contribution in [2.75, 3.05) is 6.61 Å². The topological polar surface area (TPSA) is 73.9 Å². The lowest BCUT2D eigenvalue weighted by Gasteiger charge is -2.42. The van der Waals surface area contributed by atoms with Gasteiger partial charge in [-0.1, -0.05) is 119 Å². The van der Waals surface area contributed by atoms with Crippen LogP contribution in [-0.2, 0) is 18.4 Å². The first-order chi connectivity index (χ1) is 19.5. The van der Waals surface area contributed by atoms with E-state index in [-0.39, 0.29) is 22.5 Å². The van der Waals surface area contributed by atoms with Crippen molar-refractivity contribution in [3.63, 3.8) is 0 Å². The van der Waals surface area contributed by atoms with Crippen LogP contribution in [0.3, 0.4) is 0 Å². The largest absolute Gasteiger partial charge is 0.444 e. The molecule has 0 unspecified atom stereocenters. The van der Waals surface area contributed by atoms with Crippen molar-refractivity contribution in [3.05, 3.63) is 0 Å². The Hall–Kier alpha value is -0.706. The third kappa shape index (κ3) is 18.1. The second-order valence-corrected chi connectivity index (χ2v) is 26.3. The fourth-order valence-corrected chi connectivity index (χ4v) is 6.64. The van der Waals surface area contributed by atoms with Crippen molar-refractivity contribution < 1.29 is 23.2 Å². The molecule has 256 valence electrons.